The Morgan fingerprint density at radius 2 is 1.92 bits per heavy atom. The Morgan fingerprint density at radius 3 is 2.54 bits per heavy atom. The predicted molar refractivity (Wildman–Crippen MR) is 100 cm³/mol. The van der Waals surface area contributed by atoms with Crippen LogP contribution in [0.1, 0.15) is 52.0 Å². The monoisotopic (exact) mass is 357 g/mol. The third kappa shape index (κ3) is 4.23. The standard InChI is InChI=1S/C20H27N3O3/c1-19(2,3)26-18(25)21-15(13-14-9-5-4-6-10-14)16-22-17(24)20(23-16)11-7-8-12-20/h4-6,9-10,15H,7-8,11-13H2,1-3H3,(H,21,25)(H,22,23,24)/t15-/m0/s1. The lowest BCUT2D eigenvalue weighted by atomic mass is 9.99. The topological polar surface area (TPSA) is 79.8 Å². The minimum Gasteiger partial charge on any atom is -0.444 e. The van der Waals surface area contributed by atoms with Gasteiger partial charge in [0, 0.05) is 0 Å². The van der Waals surface area contributed by atoms with Crippen molar-refractivity contribution in [2.45, 2.75) is 70.1 Å². The van der Waals surface area contributed by atoms with Crippen molar-refractivity contribution in [1.29, 1.82) is 0 Å². The van der Waals surface area contributed by atoms with Gasteiger partial charge in [-0.1, -0.05) is 43.2 Å². The fourth-order valence-corrected chi connectivity index (χ4v) is 3.52. The molecule has 1 atom stereocenters. The predicted octanol–water partition coefficient (Wildman–Crippen LogP) is 2.96. The van der Waals surface area contributed by atoms with Gasteiger partial charge >= 0.3 is 6.09 Å². The second-order valence-electron chi connectivity index (χ2n) is 8.08. The third-order valence-electron chi connectivity index (χ3n) is 4.73. The van der Waals surface area contributed by atoms with Crippen LogP contribution in [0, 0.1) is 0 Å². The average Bonchev–Trinajstić information content (AvgIpc) is 3.15. The highest BCUT2D eigenvalue weighted by molar-refractivity contribution is 6.11. The van der Waals surface area contributed by atoms with Gasteiger partial charge in [0.15, 0.2) is 0 Å². The minimum atomic E-state index is -0.639. The number of ether oxygens (including phenoxy) is 1. The molecule has 1 fully saturated rings. The molecule has 2 aliphatic rings. The van der Waals surface area contributed by atoms with E-state index in [1.54, 1.807) is 0 Å². The molecule has 0 aromatic heterocycles. The molecule has 6 nitrogen and oxygen atoms in total. The van der Waals surface area contributed by atoms with Crippen LogP contribution in [0.3, 0.4) is 0 Å². The van der Waals surface area contributed by atoms with Crippen molar-refractivity contribution in [3.8, 4) is 0 Å². The number of carbonyl (C=O) groups excluding carboxylic acids is 2. The molecule has 0 radical (unpaired) electrons. The number of hydrogen-bond acceptors (Lipinski definition) is 4. The van der Waals surface area contributed by atoms with Crippen molar-refractivity contribution >= 4 is 17.8 Å². The van der Waals surface area contributed by atoms with Gasteiger partial charge in [0.05, 0.1) is 6.04 Å². The summed E-state index contributed by atoms with van der Waals surface area (Å²) in [7, 11) is 0. The minimum absolute atomic E-state index is 0.0472. The van der Waals surface area contributed by atoms with Crippen molar-refractivity contribution in [2.75, 3.05) is 0 Å². The Kier molecular flexibility index (Phi) is 5.03. The van der Waals surface area contributed by atoms with E-state index in [1.807, 2.05) is 51.1 Å². The number of carbonyl (C=O) groups is 2. The summed E-state index contributed by atoms with van der Waals surface area (Å²) in [5.41, 5.74) is -0.174. The summed E-state index contributed by atoms with van der Waals surface area (Å²) in [6, 6.07) is 9.40. The number of amidine groups is 1. The molecule has 1 aromatic rings. The molecule has 1 saturated carbocycles. The zero-order valence-electron chi connectivity index (χ0n) is 15.7. The number of amides is 2. The zero-order valence-corrected chi connectivity index (χ0v) is 15.7. The molecule has 140 valence electrons. The van der Waals surface area contributed by atoms with E-state index in [-0.39, 0.29) is 5.91 Å². The highest BCUT2D eigenvalue weighted by atomic mass is 16.6. The van der Waals surface area contributed by atoms with Gasteiger partial charge in [-0.2, -0.15) is 0 Å². The molecule has 1 aliphatic carbocycles. The molecule has 2 amide bonds. The number of benzene rings is 1. The first-order valence-corrected chi connectivity index (χ1v) is 9.22. The van der Waals surface area contributed by atoms with Crippen LogP contribution in [0.15, 0.2) is 35.3 Å². The summed E-state index contributed by atoms with van der Waals surface area (Å²) >= 11 is 0. The van der Waals surface area contributed by atoms with Gasteiger partial charge < -0.3 is 15.4 Å². The first-order valence-electron chi connectivity index (χ1n) is 9.22. The Morgan fingerprint density at radius 1 is 1.27 bits per heavy atom. The molecule has 26 heavy (non-hydrogen) atoms. The molecule has 2 N–H and O–H groups in total. The molecule has 1 aromatic carbocycles. The lowest BCUT2D eigenvalue weighted by Gasteiger charge is -2.23. The Bertz CT molecular complexity index is 701. The van der Waals surface area contributed by atoms with E-state index in [1.165, 1.54) is 0 Å². The van der Waals surface area contributed by atoms with E-state index in [0.29, 0.717) is 12.3 Å². The van der Waals surface area contributed by atoms with Gasteiger partial charge in [0.1, 0.15) is 17.0 Å². The summed E-state index contributed by atoms with van der Waals surface area (Å²) in [6.45, 7) is 5.46. The molecule has 6 heteroatoms. The molecule has 1 spiro atoms. The van der Waals surface area contributed by atoms with Gasteiger partial charge in [0.25, 0.3) is 5.91 Å². The third-order valence-corrected chi connectivity index (χ3v) is 4.73. The first kappa shape index (κ1) is 18.4. The van der Waals surface area contributed by atoms with Crippen LogP contribution in [0.2, 0.25) is 0 Å². The van der Waals surface area contributed by atoms with Gasteiger partial charge in [-0.3, -0.25) is 9.79 Å². The Balaban J connectivity index is 1.81. The van der Waals surface area contributed by atoms with Crippen LogP contribution in [-0.4, -0.2) is 35.0 Å². The van der Waals surface area contributed by atoms with Crippen LogP contribution < -0.4 is 10.6 Å². The number of nitrogens with one attached hydrogen (secondary N) is 2. The highest BCUT2D eigenvalue weighted by Gasteiger charge is 2.47. The average molecular weight is 357 g/mol. The summed E-state index contributed by atoms with van der Waals surface area (Å²) in [4.78, 5) is 29.6. The highest BCUT2D eigenvalue weighted by Crippen LogP contribution is 2.36. The van der Waals surface area contributed by atoms with E-state index in [4.69, 9.17) is 9.73 Å². The van der Waals surface area contributed by atoms with Crippen LogP contribution in [0.25, 0.3) is 0 Å². The SMILES string of the molecule is CC(C)(C)OC(=O)N[C@@H](Cc1ccccc1)C1=NC2(CCCC2)C(=O)N1. The molecule has 0 saturated heterocycles. The normalized spacial score (nSPS) is 19.8. The second kappa shape index (κ2) is 7.09. The van der Waals surface area contributed by atoms with Crippen LogP contribution in [0.4, 0.5) is 4.79 Å². The molecular formula is C20H27N3O3. The largest absolute Gasteiger partial charge is 0.444 e. The van der Waals surface area contributed by atoms with Crippen molar-refractivity contribution < 1.29 is 14.3 Å². The number of hydrogen-bond donors (Lipinski definition) is 2. The maximum absolute atomic E-state index is 12.5. The van der Waals surface area contributed by atoms with Gasteiger partial charge in [-0.05, 0) is 45.6 Å². The molecule has 0 unspecified atom stereocenters. The van der Waals surface area contributed by atoms with E-state index < -0.39 is 23.3 Å². The molecule has 1 aliphatic heterocycles. The molecule has 0 bridgehead atoms. The smallest absolute Gasteiger partial charge is 0.408 e. The first-order chi connectivity index (χ1) is 12.3. The summed E-state index contributed by atoms with van der Waals surface area (Å²) < 4.78 is 5.39. The summed E-state index contributed by atoms with van der Waals surface area (Å²) in [5.74, 6) is 0.487. The van der Waals surface area contributed by atoms with Crippen molar-refractivity contribution in [1.82, 2.24) is 10.6 Å². The van der Waals surface area contributed by atoms with E-state index in [0.717, 1.165) is 31.2 Å². The Labute approximate surface area is 154 Å². The van der Waals surface area contributed by atoms with Crippen LogP contribution in [0.5, 0.6) is 0 Å². The number of rotatable bonds is 4. The molecule has 1 heterocycles. The number of aliphatic imine (C=N–C) groups is 1. The van der Waals surface area contributed by atoms with E-state index in [9.17, 15) is 9.59 Å². The van der Waals surface area contributed by atoms with Crippen LogP contribution in [-0.2, 0) is 16.0 Å². The summed E-state index contributed by atoms with van der Waals surface area (Å²) in [5, 5.41) is 5.80. The van der Waals surface area contributed by atoms with Gasteiger partial charge in [-0.15, -0.1) is 0 Å². The van der Waals surface area contributed by atoms with Gasteiger partial charge in [0.2, 0.25) is 0 Å². The lowest BCUT2D eigenvalue weighted by Crippen LogP contribution is -2.49. The second-order valence-corrected chi connectivity index (χ2v) is 8.08. The quantitative estimate of drug-likeness (QED) is 0.869. The van der Waals surface area contributed by atoms with Crippen molar-refractivity contribution in [3.05, 3.63) is 35.9 Å². The van der Waals surface area contributed by atoms with E-state index in [2.05, 4.69) is 10.6 Å². The van der Waals surface area contributed by atoms with Gasteiger partial charge in [-0.25, -0.2) is 4.79 Å². The maximum atomic E-state index is 12.5. The Hall–Kier alpha value is -2.37. The fourth-order valence-electron chi connectivity index (χ4n) is 3.52. The number of alkyl carbamates (subject to hydrolysis) is 1. The zero-order chi connectivity index (χ0) is 18.8. The van der Waals surface area contributed by atoms with E-state index >= 15 is 0 Å². The van der Waals surface area contributed by atoms with Crippen molar-refractivity contribution in [2.24, 2.45) is 4.99 Å². The lowest BCUT2D eigenvalue weighted by molar-refractivity contribution is -0.123. The molecular weight excluding hydrogens is 330 g/mol. The summed E-state index contributed by atoms with van der Waals surface area (Å²) in [6.07, 6.45) is 3.58. The van der Waals surface area contributed by atoms with Crippen molar-refractivity contribution in [3.63, 3.8) is 0 Å². The molecule has 3 rings (SSSR count). The van der Waals surface area contributed by atoms with Crippen LogP contribution >= 0.6 is 0 Å². The maximum Gasteiger partial charge on any atom is 0.408 e. The number of nitrogens with zero attached hydrogens (tertiary/aromatic N) is 1. The fraction of sp³-hybridized carbons (Fsp3) is 0.550.